The van der Waals surface area contributed by atoms with Crippen LogP contribution in [0.15, 0.2) is 89.5 Å². The number of carbonyl (C=O) groups excluding carboxylic acids is 3. The number of aromatic nitrogens is 3. The van der Waals surface area contributed by atoms with Crippen molar-refractivity contribution in [3.05, 3.63) is 112 Å². The number of nitrogens with zero attached hydrogens (tertiary/aromatic N) is 6. The first-order valence-electron chi connectivity index (χ1n) is 28.6. The SMILES string of the molecule is C=C1c2ccccc2CN1[C@H](C(=O)N1C[C@H](O)C[C@H]1C(=O)NCc1ccc(-c2scnc2C)cc1OCCOCCOCCCCOCCOCCOc1ccc(Nc2ncc(Br)c(NCCCN(C)C(=O)C3CCC3)n2)cc1)C(C)C. The number of benzene rings is 3. The lowest BCUT2D eigenvalue weighted by molar-refractivity contribution is -0.143. The highest BCUT2D eigenvalue weighted by Crippen LogP contribution is 2.37. The number of aryl methyl sites for hydroxylation is 1. The molecule has 2 fully saturated rings. The number of anilines is 3. The molecule has 0 radical (unpaired) electrons. The van der Waals surface area contributed by atoms with Gasteiger partial charge in [0.1, 0.15) is 42.6 Å². The maximum Gasteiger partial charge on any atom is 0.246 e. The van der Waals surface area contributed by atoms with Crippen molar-refractivity contribution < 1.29 is 47.9 Å². The van der Waals surface area contributed by atoms with Crippen LogP contribution in [0.25, 0.3) is 16.1 Å². The van der Waals surface area contributed by atoms with Crippen LogP contribution in [0.3, 0.4) is 0 Å². The van der Waals surface area contributed by atoms with Crippen molar-refractivity contribution in [1.29, 1.82) is 0 Å². The Hall–Kier alpha value is -6.20. The number of halogens is 1. The molecule has 3 aliphatic rings. The molecule has 1 aliphatic carbocycles. The number of β-amino-alcohol motifs (C(OH)–C–C–N with tert-alkyl or cyclic N) is 1. The molecule has 5 aromatic rings. The van der Waals surface area contributed by atoms with Gasteiger partial charge in [0.15, 0.2) is 0 Å². The highest BCUT2D eigenvalue weighted by Gasteiger charge is 2.45. The summed E-state index contributed by atoms with van der Waals surface area (Å²) < 4.78 is 36.0. The molecule has 2 aromatic heterocycles. The van der Waals surface area contributed by atoms with Crippen LogP contribution in [-0.2, 0) is 46.4 Å². The molecule has 1 saturated carbocycles. The third kappa shape index (κ3) is 17.4. The zero-order valence-corrected chi connectivity index (χ0v) is 50.1. The first-order chi connectivity index (χ1) is 39.8. The minimum Gasteiger partial charge on any atom is -0.491 e. The summed E-state index contributed by atoms with van der Waals surface area (Å²) in [5.41, 5.74) is 8.20. The zero-order chi connectivity index (χ0) is 57.8. The third-order valence-corrected chi connectivity index (χ3v) is 16.4. The smallest absolute Gasteiger partial charge is 0.246 e. The Morgan fingerprint density at radius 2 is 1.57 bits per heavy atom. The average molecular weight is 1210 g/mol. The molecular formula is C61H80BrN9O10S. The second kappa shape index (κ2) is 31.5. The topological polar surface area (TPSA) is 211 Å². The highest BCUT2D eigenvalue weighted by atomic mass is 79.9. The molecule has 82 heavy (non-hydrogen) atoms. The quantitative estimate of drug-likeness (QED) is 0.0283. The molecule has 3 atom stereocenters. The van der Waals surface area contributed by atoms with Crippen LogP contribution in [0.2, 0.25) is 0 Å². The van der Waals surface area contributed by atoms with E-state index in [1.165, 1.54) is 0 Å². The summed E-state index contributed by atoms with van der Waals surface area (Å²) in [5, 5.41) is 20.5. The van der Waals surface area contributed by atoms with Gasteiger partial charge in [0.25, 0.3) is 0 Å². The molecule has 0 spiro atoms. The van der Waals surface area contributed by atoms with E-state index in [4.69, 9.17) is 28.4 Å². The first kappa shape index (κ1) is 61.9. The van der Waals surface area contributed by atoms with Crippen LogP contribution in [-0.4, -0.2) is 163 Å². The Kier molecular flexibility index (Phi) is 23.7. The van der Waals surface area contributed by atoms with E-state index in [-0.39, 0.29) is 55.7 Å². The summed E-state index contributed by atoms with van der Waals surface area (Å²) in [6, 6.07) is 20.1. The average Bonchev–Trinajstić information content (AvgIpc) is 4.12. The number of thiazole rings is 1. The lowest BCUT2D eigenvalue weighted by atomic mass is 9.84. The van der Waals surface area contributed by atoms with Crippen molar-refractivity contribution in [1.82, 2.24) is 35.0 Å². The molecule has 1 saturated heterocycles. The Morgan fingerprint density at radius 3 is 2.24 bits per heavy atom. The number of aliphatic hydroxyl groups is 1. The first-order valence-corrected chi connectivity index (χ1v) is 30.3. The molecule has 4 heterocycles. The fraction of sp³-hybridized carbons (Fsp3) is 0.508. The van der Waals surface area contributed by atoms with Crippen LogP contribution < -0.4 is 25.4 Å². The van der Waals surface area contributed by atoms with E-state index in [0.717, 1.165) is 93.0 Å². The van der Waals surface area contributed by atoms with Crippen molar-refractivity contribution in [2.24, 2.45) is 11.8 Å². The van der Waals surface area contributed by atoms with Crippen molar-refractivity contribution >= 4 is 68.1 Å². The van der Waals surface area contributed by atoms with Crippen molar-refractivity contribution in [3.63, 3.8) is 0 Å². The summed E-state index contributed by atoms with van der Waals surface area (Å²) >= 11 is 5.08. The molecule has 0 unspecified atom stereocenters. The van der Waals surface area contributed by atoms with Crippen LogP contribution in [0.1, 0.15) is 81.2 Å². The van der Waals surface area contributed by atoms with Gasteiger partial charge in [0.05, 0.1) is 66.3 Å². The number of fused-ring (bicyclic) bond motifs is 1. The lowest BCUT2D eigenvalue weighted by Crippen LogP contribution is -2.54. The van der Waals surface area contributed by atoms with Gasteiger partial charge in [-0.25, -0.2) is 9.97 Å². The van der Waals surface area contributed by atoms with E-state index in [0.29, 0.717) is 96.6 Å². The van der Waals surface area contributed by atoms with Gasteiger partial charge in [0, 0.05) is 94.0 Å². The Morgan fingerprint density at radius 1 is 0.878 bits per heavy atom. The van der Waals surface area contributed by atoms with Gasteiger partial charge in [-0.3, -0.25) is 14.4 Å². The van der Waals surface area contributed by atoms with Crippen LogP contribution in [0.4, 0.5) is 17.5 Å². The van der Waals surface area contributed by atoms with Crippen molar-refractivity contribution in [2.45, 2.75) is 97.0 Å². The molecule has 0 bridgehead atoms. The van der Waals surface area contributed by atoms with E-state index in [9.17, 15) is 19.5 Å². The molecule has 2 aliphatic heterocycles. The maximum atomic E-state index is 14.4. The lowest BCUT2D eigenvalue weighted by Gasteiger charge is -2.36. The third-order valence-electron chi connectivity index (χ3n) is 14.8. The van der Waals surface area contributed by atoms with E-state index in [2.05, 4.69) is 59.5 Å². The number of hydrogen-bond donors (Lipinski definition) is 4. The van der Waals surface area contributed by atoms with Crippen molar-refractivity contribution in [3.8, 4) is 21.9 Å². The standard InChI is InChI=1S/C61H80BrN9O10S/c1-41(2)55(70-38-47-12-6-7-15-51(47)43(70)4)60(75)71-39-49(72)35-53(71)58(73)64-36-46-17-16-45(56-42(3)66-40-82-56)34-54(46)81-33-31-79-29-27-77-25-9-8-24-76-26-28-78-30-32-80-50-20-18-48(19-21-50)67-61-65-37-52(62)57(68-61)63-22-11-23-69(5)59(74)44-13-10-14-44/h6-7,12,15-21,34,37,40-41,44,49,53,55,72H,4,8-11,13-14,22-33,35-36,38-39H2,1-3,5H3,(H,64,73)(H2,63,65,67,68)/t49-,53+,55+/m1/s1. The van der Waals surface area contributed by atoms with E-state index in [1.807, 2.05) is 104 Å². The molecule has 19 nitrogen and oxygen atoms in total. The Labute approximate surface area is 494 Å². The number of carbonyl (C=O) groups is 3. The van der Waals surface area contributed by atoms with Crippen LogP contribution in [0.5, 0.6) is 11.5 Å². The molecule has 4 N–H and O–H groups in total. The molecule has 442 valence electrons. The largest absolute Gasteiger partial charge is 0.491 e. The fourth-order valence-electron chi connectivity index (χ4n) is 10.1. The van der Waals surface area contributed by atoms with Gasteiger partial charge in [-0.15, -0.1) is 11.3 Å². The predicted octanol–water partition coefficient (Wildman–Crippen LogP) is 8.87. The summed E-state index contributed by atoms with van der Waals surface area (Å²) in [6.07, 6.45) is 6.75. The van der Waals surface area contributed by atoms with Crippen LogP contribution in [0, 0.1) is 18.8 Å². The minimum absolute atomic E-state index is 0.0693. The van der Waals surface area contributed by atoms with E-state index < -0.39 is 18.2 Å². The number of likely N-dealkylation sites (tertiary alicyclic amines) is 1. The molecule has 8 rings (SSSR count). The Bertz CT molecular complexity index is 2870. The molecule has 3 amide bonds. The van der Waals surface area contributed by atoms with E-state index in [1.54, 1.807) is 22.4 Å². The second-order valence-electron chi connectivity index (χ2n) is 21.2. The van der Waals surface area contributed by atoms with E-state index >= 15 is 0 Å². The zero-order valence-electron chi connectivity index (χ0n) is 47.7. The maximum absolute atomic E-state index is 14.4. The number of hydrogen-bond acceptors (Lipinski definition) is 17. The predicted molar refractivity (Wildman–Crippen MR) is 321 cm³/mol. The minimum atomic E-state index is -0.827. The summed E-state index contributed by atoms with van der Waals surface area (Å²) in [5.74, 6) is 2.35. The van der Waals surface area contributed by atoms with Gasteiger partial charge < -0.3 is 64.2 Å². The van der Waals surface area contributed by atoms with Gasteiger partial charge >= 0.3 is 0 Å². The summed E-state index contributed by atoms with van der Waals surface area (Å²) in [4.78, 5) is 60.6. The Balaban J connectivity index is 0.656. The van der Waals surface area contributed by atoms with Crippen LogP contribution >= 0.6 is 27.3 Å². The van der Waals surface area contributed by atoms with Gasteiger partial charge in [-0.1, -0.05) is 63.2 Å². The number of amides is 3. The number of rotatable bonds is 34. The second-order valence-corrected chi connectivity index (χ2v) is 22.9. The number of ether oxygens (including phenoxy) is 6. The van der Waals surface area contributed by atoms with Gasteiger partial charge in [-0.05, 0) is 102 Å². The molecule has 21 heteroatoms. The monoisotopic (exact) mass is 1210 g/mol. The van der Waals surface area contributed by atoms with Gasteiger partial charge in [-0.2, -0.15) is 4.98 Å². The number of unbranched alkanes of at least 4 members (excludes halogenated alkanes) is 1. The van der Waals surface area contributed by atoms with Crippen molar-refractivity contribution in [2.75, 3.05) is 103 Å². The van der Waals surface area contributed by atoms with Gasteiger partial charge in [0.2, 0.25) is 23.7 Å². The summed E-state index contributed by atoms with van der Waals surface area (Å²) in [6.45, 7) is 17.0. The molecule has 3 aromatic carbocycles. The highest BCUT2D eigenvalue weighted by molar-refractivity contribution is 9.10. The number of nitrogens with one attached hydrogen (secondary N) is 3. The molecular weight excluding hydrogens is 1130 g/mol. The normalized spacial score (nSPS) is 16.3. The summed E-state index contributed by atoms with van der Waals surface area (Å²) in [7, 11) is 1.88. The fourth-order valence-corrected chi connectivity index (χ4v) is 11.3. The number of aliphatic hydroxyl groups excluding tert-OH is 1.